The average Bonchev–Trinajstić information content (AvgIpc) is 2.81. The molecule has 2 aliphatic carbocycles. The number of amides is 2. The molecule has 0 aromatic carbocycles. The van der Waals surface area contributed by atoms with Gasteiger partial charge in [0, 0.05) is 18.1 Å². The third-order valence-corrected chi connectivity index (χ3v) is 4.55. The Morgan fingerprint density at radius 1 is 1.24 bits per heavy atom. The highest BCUT2D eigenvalue weighted by Crippen LogP contribution is 2.48. The van der Waals surface area contributed by atoms with Crippen molar-refractivity contribution in [2.24, 2.45) is 5.92 Å². The molecule has 2 N–H and O–H groups in total. The van der Waals surface area contributed by atoms with Gasteiger partial charge in [0.15, 0.2) is 5.75 Å². The summed E-state index contributed by atoms with van der Waals surface area (Å²) in [5.74, 6) is 0.127. The Hall–Kier alpha value is -2.93. The monoisotopic (exact) mass is 400 g/mol. The first kappa shape index (κ1) is 22.4. The maximum absolute atomic E-state index is 12.3. The number of carbonyl (C=O) groups is 3. The van der Waals surface area contributed by atoms with Crippen LogP contribution in [0.15, 0.2) is 18.2 Å². The number of nitrogens with one attached hydrogen (secondary N) is 2. The summed E-state index contributed by atoms with van der Waals surface area (Å²) in [6.45, 7) is 10.0. The molecule has 2 amide bonds. The predicted octanol–water partition coefficient (Wildman–Crippen LogP) is 3.86. The lowest BCUT2D eigenvalue weighted by atomic mass is 9.97. The van der Waals surface area contributed by atoms with E-state index in [4.69, 9.17) is 9.57 Å². The van der Waals surface area contributed by atoms with Gasteiger partial charge in [-0.3, -0.25) is 19.2 Å². The van der Waals surface area contributed by atoms with Crippen LogP contribution >= 0.6 is 0 Å². The lowest BCUT2D eigenvalue weighted by Gasteiger charge is -2.10. The SMILES string of the molecule is CCONC(=O)c1ccc2c(OC=O)c(NC(C)=O)c(CCC(C)C)c-2c(C)c1. The molecule has 0 unspecified atom stereocenters. The Morgan fingerprint density at radius 2 is 1.97 bits per heavy atom. The third kappa shape index (κ3) is 5.32. The first-order chi connectivity index (χ1) is 13.8. The quantitative estimate of drug-likeness (QED) is 0.492. The molecule has 0 aliphatic heterocycles. The van der Waals surface area contributed by atoms with E-state index in [1.807, 2.05) is 6.92 Å². The number of carbonyl (C=O) groups excluding carboxylic acids is 3. The molecule has 0 bridgehead atoms. The van der Waals surface area contributed by atoms with Crippen molar-refractivity contribution >= 4 is 24.0 Å². The summed E-state index contributed by atoms with van der Waals surface area (Å²) in [6.07, 6.45) is 1.58. The van der Waals surface area contributed by atoms with E-state index < -0.39 is 0 Å². The topological polar surface area (TPSA) is 93.7 Å². The Bertz CT molecular complexity index is 876. The number of hydroxylamine groups is 1. The van der Waals surface area contributed by atoms with Gasteiger partial charge >= 0.3 is 0 Å². The molecule has 29 heavy (non-hydrogen) atoms. The van der Waals surface area contributed by atoms with Crippen LogP contribution in [0.4, 0.5) is 5.69 Å². The van der Waals surface area contributed by atoms with E-state index in [1.54, 1.807) is 25.1 Å². The maximum atomic E-state index is 12.3. The molecule has 2 rings (SSSR count). The van der Waals surface area contributed by atoms with Gasteiger partial charge in [0.2, 0.25) is 5.91 Å². The minimum Gasteiger partial charge on any atom is -0.426 e. The first-order valence-corrected chi connectivity index (χ1v) is 9.69. The summed E-state index contributed by atoms with van der Waals surface area (Å²) >= 11 is 0. The largest absolute Gasteiger partial charge is 0.426 e. The van der Waals surface area contributed by atoms with E-state index in [9.17, 15) is 14.4 Å². The van der Waals surface area contributed by atoms with E-state index in [0.717, 1.165) is 23.1 Å². The van der Waals surface area contributed by atoms with Gasteiger partial charge in [0.1, 0.15) is 0 Å². The van der Waals surface area contributed by atoms with Gasteiger partial charge in [-0.1, -0.05) is 13.8 Å². The number of rotatable bonds is 9. The van der Waals surface area contributed by atoms with Gasteiger partial charge in [-0.25, -0.2) is 5.48 Å². The number of fused-ring (bicyclic) bond motifs is 1. The van der Waals surface area contributed by atoms with Crippen LogP contribution in [-0.4, -0.2) is 24.9 Å². The molecule has 0 radical (unpaired) electrons. The van der Waals surface area contributed by atoms with Crippen molar-refractivity contribution in [1.82, 2.24) is 5.48 Å². The van der Waals surface area contributed by atoms with Gasteiger partial charge in [-0.05, 0) is 67.5 Å². The summed E-state index contributed by atoms with van der Waals surface area (Å²) in [6, 6.07) is 5.13. The second-order valence-corrected chi connectivity index (χ2v) is 7.28. The van der Waals surface area contributed by atoms with Crippen LogP contribution < -0.4 is 15.5 Å². The zero-order chi connectivity index (χ0) is 21.6. The fourth-order valence-electron chi connectivity index (χ4n) is 3.31. The number of anilines is 1. The Morgan fingerprint density at radius 3 is 2.55 bits per heavy atom. The van der Waals surface area contributed by atoms with Crippen molar-refractivity contribution in [3.8, 4) is 16.9 Å². The van der Waals surface area contributed by atoms with Crippen LogP contribution in [0.5, 0.6) is 5.75 Å². The Kier molecular flexibility index (Phi) is 7.73. The summed E-state index contributed by atoms with van der Waals surface area (Å²) in [5, 5.41) is 2.82. The van der Waals surface area contributed by atoms with Gasteiger partial charge in [-0.15, -0.1) is 0 Å². The van der Waals surface area contributed by atoms with Crippen molar-refractivity contribution in [2.75, 3.05) is 11.9 Å². The standard InChI is InChI=1S/C22H28N2O5/c1-6-29-24-22(27)16-8-10-18-19(14(4)11-16)17(9-7-13(2)3)20(23-15(5)26)21(18)28-12-25/h8,10-13H,6-7,9H2,1-5H3,(H,23,26)(H,24,27). The summed E-state index contributed by atoms with van der Waals surface area (Å²) in [4.78, 5) is 40.3. The molecule has 0 aromatic heterocycles. The Labute approximate surface area is 171 Å². The van der Waals surface area contributed by atoms with Crippen molar-refractivity contribution in [3.63, 3.8) is 0 Å². The van der Waals surface area contributed by atoms with Gasteiger partial charge in [0.25, 0.3) is 12.4 Å². The van der Waals surface area contributed by atoms with Crippen LogP contribution in [-0.2, 0) is 20.8 Å². The molecule has 2 aliphatic rings. The highest BCUT2D eigenvalue weighted by Gasteiger charge is 2.27. The first-order valence-electron chi connectivity index (χ1n) is 9.69. The van der Waals surface area contributed by atoms with Crippen molar-refractivity contribution < 1.29 is 24.0 Å². The molecular formula is C22H28N2O5. The molecule has 0 spiro atoms. The van der Waals surface area contributed by atoms with Gasteiger partial charge in [-0.2, -0.15) is 0 Å². The molecule has 0 fully saturated rings. The van der Waals surface area contributed by atoms with E-state index in [2.05, 4.69) is 24.6 Å². The fraction of sp³-hybridized carbons (Fsp3) is 0.409. The number of ether oxygens (including phenoxy) is 1. The van der Waals surface area contributed by atoms with E-state index in [0.29, 0.717) is 48.0 Å². The highest BCUT2D eigenvalue weighted by atomic mass is 16.6. The van der Waals surface area contributed by atoms with Crippen LogP contribution in [0.25, 0.3) is 11.1 Å². The predicted molar refractivity (Wildman–Crippen MR) is 111 cm³/mol. The summed E-state index contributed by atoms with van der Waals surface area (Å²) < 4.78 is 5.28. The fourth-order valence-corrected chi connectivity index (χ4v) is 3.31. The second kappa shape index (κ2) is 10.0. The minimum atomic E-state index is -0.365. The lowest BCUT2D eigenvalue weighted by Crippen LogP contribution is -2.23. The van der Waals surface area contributed by atoms with Crippen LogP contribution in [0.1, 0.15) is 55.6 Å². The molecule has 7 nitrogen and oxygen atoms in total. The van der Waals surface area contributed by atoms with E-state index in [-0.39, 0.29) is 11.8 Å². The second-order valence-electron chi connectivity index (χ2n) is 7.28. The average molecular weight is 400 g/mol. The molecule has 0 saturated heterocycles. The van der Waals surface area contributed by atoms with Crippen molar-refractivity contribution in [3.05, 3.63) is 34.9 Å². The van der Waals surface area contributed by atoms with Crippen LogP contribution in [0.2, 0.25) is 0 Å². The normalized spacial score (nSPS) is 10.8. The zero-order valence-electron chi connectivity index (χ0n) is 17.5. The van der Waals surface area contributed by atoms with Crippen molar-refractivity contribution in [1.29, 1.82) is 0 Å². The third-order valence-electron chi connectivity index (χ3n) is 4.55. The number of hydrogen-bond donors (Lipinski definition) is 2. The maximum Gasteiger partial charge on any atom is 0.298 e. The molecule has 156 valence electrons. The minimum absolute atomic E-state index is 0.249. The molecule has 7 heteroatoms. The van der Waals surface area contributed by atoms with Crippen LogP contribution in [0, 0.1) is 12.8 Å². The van der Waals surface area contributed by atoms with Gasteiger partial charge < -0.3 is 10.1 Å². The number of aryl methyl sites for hydroxylation is 1. The molecular weight excluding hydrogens is 372 g/mol. The Balaban J connectivity index is 2.71. The van der Waals surface area contributed by atoms with Gasteiger partial charge in [0.05, 0.1) is 12.3 Å². The molecule has 0 heterocycles. The zero-order valence-corrected chi connectivity index (χ0v) is 17.5. The summed E-state index contributed by atoms with van der Waals surface area (Å²) in [5.41, 5.74) is 6.56. The van der Waals surface area contributed by atoms with Crippen molar-refractivity contribution in [2.45, 2.75) is 47.5 Å². The van der Waals surface area contributed by atoms with Crippen LogP contribution in [0.3, 0.4) is 0 Å². The smallest absolute Gasteiger partial charge is 0.298 e. The number of hydrogen-bond acceptors (Lipinski definition) is 5. The lowest BCUT2D eigenvalue weighted by molar-refractivity contribution is -0.120. The highest BCUT2D eigenvalue weighted by molar-refractivity contribution is 6.01. The molecule has 0 atom stereocenters. The molecule has 0 aromatic rings. The summed E-state index contributed by atoms with van der Waals surface area (Å²) in [7, 11) is 0. The van der Waals surface area contributed by atoms with E-state index in [1.165, 1.54) is 6.92 Å². The van der Waals surface area contributed by atoms with E-state index >= 15 is 0 Å². The molecule has 0 saturated carbocycles.